The van der Waals surface area contributed by atoms with Gasteiger partial charge in [0.1, 0.15) is 5.82 Å². The SMILES string of the molecule is CCCSCC(Cc1nccn1CCC)NN. The Kier molecular flexibility index (Phi) is 7.32. The monoisotopic (exact) mass is 256 g/mol. The van der Waals surface area contributed by atoms with Crippen molar-refractivity contribution in [1.82, 2.24) is 15.0 Å². The number of rotatable bonds is 9. The van der Waals surface area contributed by atoms with Gasteiger partial charge in [-0.15, -0.1) is 0 Å². The van der Waals surface area contributed by atoms with Crippen molar-refractivity contribution >= 4 is 11.8 Å². The Morgan fingerprint density at radius 1 is 1.47 bits per heavy atom. The summed E-state index contributed by atoms with van der Waals surface area (Å²) in [6, 6.07) is 0.310. The molecule has 0 spiro atoms. The number of nitrogens with zero attached hydrogens (tertiary/aromatic N) is 2. The van der Waals surface area contributed by atoms with Crippen molar-refractivity contribution in [1.29, 1.82) is 0 Å². The molecule has 1 rings (SSSR count). The van der Waals surface area contributed by atoms with E-state index in [4.69, 9.17) is 5.84 Å². The number of imidazole rings is 1. The molecule has 5 heteroatoms. The van der Waals surface area contributed by atoms with Crippen LogP contribution in [0.15, 0.2) is 12.4 Å². The maximum Gasteiger partial charge on any atom is 0.110 e. The van der Waals surface area contributed by atoms with Gasteiger partial charge in [-0.3, -0.25) is 11.3 Å². The van der Waals surface area contributed by atoms with E-state index >= 15 is 0 Å². The van der Waals surface area contributed by atoms with E-state index in [0.29, 0.717) is 6.04 Å². The maximum atomic E-state index is 5.60. The minimum Gasteiger partial charge on any atom is -0.335 e. The Balaban J connectivity index is 2.45. The molecule has 0 aliphatic carbocycles. The summed E-state index contributed by atoms with van der Waals surface area (Å²) >= 11 is 1.95. The van der Waals surface area contributed by atoms with Gasteiger partial charge in [0.05, 0.1) is 0 Å². The Morgan fingerprint density at radius 2 is 2.29 bits per heavy atom. The van der Waals surface area contributed by atoms with Crippen molar-refractivity contribution in [3.8, 4) is 0 Å². The first-order valence-electron chi connectivity index (χ1n) is 6.35. The number of aryl methyl sites for hydroxylation is 1. The number of nitrogens with two attached hydrogens (primary N) is 1. The molecule has 0 amide bonds. The van der Waals surface area contributed by atoms with Gasteiger partial charge in [-0.25, -0.2) is 4.98 Å². The van der Waals surface area contributed by atoms with E-state index in [1.54, 1.807) is 0 Å². The van der Waals surface area contributed by atoms with Gasteiger partial charge >= 0.3 is 0 Å². The molecule has 98 valence electrons. The van der Waals surface area contributed by atoms with Crippen LogP contribution in [0.5, 0.6) is 0 Å². The molecular formula is C12H24N4S. The van der Waals surface area contributed by atoms with Crippen LogP contribution in [0.1, 0.15) is 32.5 Å². The smallest absolute Gasteiger partial charge is 0.110 e. The second-order valence-corrected chi connectivity index (χ2v) is 5.33. The third kappa shape index (κ3) is 5.10. The first-order valence-corrected chi connectivity index (χ1v) is 7.51. The fourth-order valence-corrected chi connectivity index (χ4v) is 2.68. The average Bonchev–Trinajstić information content (AvgIpc) is 2.76. The topological polar surface area (TPSA) is 55.9 Å². The lowest BCUT2D eigenvalue weighted by Crippen LogP contribution is -2.39. The molecule has 0 aliphatic rings. The van der Waals surface area contributed by atoms with Gasteiger partial charge in [-0.1, -0.05) is 13.8 Å². The minimum atomic E-state index is 0.310. The minimum absolute atomic E-state index is 0.310. The maximum absolute atomic E-state index is 5.60. The Bertz CT molecular complexity index is 300. The van der Waals surface area contributed by atoms with Gasteiger partial charge in [-0.2, -0.15) is 11.8 Å². The van der Waals surface area contributed by atoms with Crippen LogP contribution in [0.3, 0.4) is 0 Å². The number of nitrogens with one attached hydrogen (secondary N) is 1. The normalized spacial score (nSPS) is 12.9. The van der Waals surface area contributed by atoms with E-state index in [-0.39, 0.29) is 0 Å². The molecule has 1 aromatic heterocycles. The van der Waals surface area contributed by atoms with E-state index < -0.39 is 0 Å². The Labute approximate surface area is 108 Å². The van der Waals surface area contributed by atoms with E-state index in [1.807, 2.05) is 24.2 Å². The predicted molar refractivity (Wildman–Crippen MR) is 74.9 cm³/mol. The van der Waals surface area contributed by atoms with Gasteiger partial charge in [0.25, 0.3) is 0 Å². The van der Waals surface area contributed by atoms with Crippen LogP contribution in [0, 0.1) is 0 Å². The summed E-state index contributed by atoms with van der Waals surface area (Å²) in [5, 5.41) is 0. The highest BCUT2D eigenvalue weighted by atomic mass is 32.2. The summed E-state index contributed by atoms with van der Waals surface area (Å²) in [4.78, 5) is 4.41. The van der Waals surface area contributed by atoms with Crippen LogP contribution in [0.2, 0.25) is 0 Å². The van der Waals surface area contributed by atoms with Crippen LogP contribution in [0.25, 0.3) is 0 Å². The zero-order valence-electron chi connectivity index (χ0n) is 10.9. The predicted octanol–water partition coefficient (Wildman–Crippen LogP) is 1.81. The molecule has 0 saturated heterocycles. The summed E-state index contributed by atoms with van der Waals surface area (Å²) < 4.78 is 2.22. The number of hydrogen-bond donors (Lipinski definition) is 2. The lowest BCUT2D eigenvalue weighted by molar-refractivity contribution is 0.535. The van der Waals surface area contributed by atoms with Crippen LogP contribution < -0.4 is 11.3 Å². The fourth-order valence-electron chi connectivity index (χ4n) is 1.73. The molecule has 3 N–H and O–H groups in total. The zero-order valence-corrected chi connectivity index (χ0v) is 11.7. The number of thioether (sulfide) groups is 1. The van der Waals surface area contributed by atoms with Crippen LogP contribution in [0.4, 0.5) is 0 Å². The Hall–Kier alpha value is -0.520. The van der Waals surface area contributed by atoms with Crippen molar-refractivity contribution in [2.75, 3.05) is 11.5 Å². The molecule has 0 saturated carbocycles. The summed E-state index contributed by atoms with van der Waals surface area (Å²) in [5.41, 5.74) is 2.89. The molecule has 1 unspecified atom stereocenters. The summed E-state index contributed by atoms with van der Waals surface area (Å²) in [6.45, 7) is 5.42. The third-order valence-electron chi connectivity index (χ3n) is 2.60. The number of aromatic nitrogens is 2. The van der Waals surface area contributed by atoms with E-state index in [0.717, 1.165) is 31.0 Å². The molecule has 0 fully saturated rings. The molecule has 0 radical (unpaired) electrons. The lowest BCUT2D eigenvalue weighted by atomic mass is 10.2. The highest BCUT2D eigenvalue weighted by Gasteiger charge is 2.11. The summed E-state index contributed by atoms with van der Waals surface area (Å²) in [5.74, 6) is 8.97. The van der Waals surface area contributed by atoms with Crippen LogP contribution >= 0.6 is 11.8 Å². The quantitative estimate of drug-likeness (QED) is 0.402. The van der Waals surface area contributed by atoms with Gasteiger partial charge in [0.15, 0.2) is 0 Å². The highest BCUT2D eigenvalue weighted by Crippen LogP contribution is 2.09. The van der Waals surface area contributed by atoms with Crippen molar-refractivity contribution in [2.24, 2.45) is 5.84 Å². The summed E-state index contributed by atoms with van der Waals surface area (Å²) in [6.07, 6.45) is 7.17. The molecule has 4 nitrogen and oxygen atoms in total. The number of hydrazine groups is 1. The largest absolute Gasteiger partial charge is 0.335 e. The molecule has 1 aromatic rings. The molecule has 1 heterocycles. The van der Waals surface area contributed by atoms with E-state index in [9.17, 15) is 0 Å². The van der Waals surface area contributed by atoms with Crippen molar-refractivity contribution in [3.05, 3.63) is 18.2 Å². The molecule has 0 aromatic carbocycles. The molecule has 0 bridgehead atoms. The molecule has 1 atom stereocenters. The van der Waals surface area contributed by atoms with Crippen molar-refractivity contribution in [2.45, 2.75) is 45.7 Å². The number of hydrogen-bond acceptors (Lipinski definition) is 4. The van der Waals surface area contributed by atoms with E-state index in [1.165, 1.54) is 12.2 Å². The Morgan fingerprint density at radius 3 is 2.94 bits per heavy atom. The first kappa shape index (κ1) is 14.5. The van der Waals surface area contributed by atoms with Gasteiger partial charge in [0.2, 0.25) is 0 Å². The van der Waals surface area contributed by atoms with Gasteiger partial charge in [0, 0.05) is 37.2 Å². The highest BCUT2D eigenvalue weighted by molar-refractivity contribution is 7.99. The summed E-state index contributed by atoms with van der Waals surface area (Å²) in [7, 11) is 0. The van der Waals surface area contributed by atoms with Crippen molar-refractivity contribution < 1.29 is 0 Å². The van der Waals surface area contributed by atoms with Gasteiger partial charge < -0.3 is 4.57 Å². The standard InChI is InChI=1S/C12H24N4S/c1-3-6-16-7-5-14-12(16)9-11(15-13)10-17-8-4-2/h5,7,11,15H,3-4,6,8-10,13H2,1-2H3. The zero-order chi connectivity index (χ0) is 12.5. The van der Waals surface area contributed by atoms with Crippen LogP contribution in [-0.4, -0.2) is 27.1 Å². The average molecular weight is 256 g/mol. The van der Waals surface area contributed by atoms with Crippen LogP contribution in [-0.2, 0) is 13.0 Å². The second kappa shape index (κ2) is 8.55. The molecule has 17 heavy (non-hydrogen) atoms. The lowest BCUT2D eigenvalue weighted by Gasteiger charge is -2.16. The third-order valence-corrected chi connectivity index (χ3v) is 3.93. The molecular weight excluding hydrogens is 232 g/mol. The van der Waals surface area contributed by atoms with Crippen molar-refractivity contribution in [3.63, 3.8) is 0 Å². The fraction of sp³-hybridized carbons (Fsp3) is 0.750. The molecule has 0 aliphatic heterocycles. The van der Waals surface area contributed by atoms with Gasteiger partial charge in [-0.05, 0) is 18.6 Å². The first-order chi connectivity index (χ1) is 8.31. The van der Waals surface area contributed by atoms with E-state index in [2.05, 4.69) is 28.8 Å². The second-order valence-electron chi connectivity index (χ2n) is 4.18.